The second kappa shape index (κ2) is 7.79. The number of amides is 2. The maximum atomic E-state index is 11.8. The lowest BCUT2D eigenvalue weighted by Gasteiger charge is -2.13. The summed E-state index contributed by atoms with van der Waals surface area (Å²) in [4.78, 5) is 24.7. The monoisotopic (exact) mass is 296 g/mol. The van der Waals surface area contributed by atoms with Gasteiger partial charge >= 0.3 is 0 Å². The number of ether oxygens (including phenoxy) is 1. The van der Waals surface area contributed by atoms with E-state index in [4.69, 9.17) is 4.74 Å². The third-order valence-corrected chi connectivity index (χ3v) is 3.61. The van der Waals surface area contributed by atoms with Crippen LogP contribution in [0.25, 0.3) is 0 Å². The summed E-state index contributed by atoms with van der Waals surface area (Å²) in [7, 11) is 3.35. The first kappa shape index (κ1) is 16.4. The van der Waals surface area contributed by atoms with Crippen LogP contribution in [0, 0.1) is 0 Å². The molecule has 5 nitrogen and oxygen atoms in total. The molecule has 0 aliphatic rings. The van der Waals surface area contributed by atoms with E-state index in [0.29, 0.717) is 11.4 Å². The predicted octanol–water partition coefficient (Wildman–Crippen LogP) is 1.84. The molecule has 0 spiro atoms. The minimum atomic E-state index is -0.116. The average Bonchev–Trinajstić information content (AvgIpc) is 2.43. The maximum Gasteiger partial charge on any atom is 0.259 e. The van der Waals surface area contributed by atoms with Crippen molar-refractivity contribution in [2.24, 2.45) is 0 Å². The van der Waals surface area contributed by atoms with Crippen LogP contribution in [0.3, 0.4) is 0 Å². The zero-order valence-electron chi connectivity index (χ0n) is 12.2. The van der Waals surface area contributed by atoms with Crippen LogP contribution in [0.4, 0.5) is 5.69 Å². The topological polar surface area (TPSA) is 58.6 Å². The molecule has 1 aromatic rings. The number of anilines is 1. The van der Waals surface area contributed by atoms with Gasteiger partial charge in [0.05, 0.1) is 5.25 Å². The normalized spacial score (nSPS) is 11.6. The van der Waals surface area contributed by atoms with Gasteiger partial charge < -0.3 is 15.0 Å². The molecule has 1 N–H and O–H groups in total. The van der Waals surface area contributed by atoms with E-state index >= 15 is 0 Å². The number of benzene rings is 1. The number of hydrogen-bond donors (Lipinski definition) is 1. The van der Waals surface area contributed by atoms with Gasteiger partial charge in [-0.25, -0.2) is 0 Å². The molecule has 0 fully saturated rings. The second-order valence-corrected chi connectivity index (χ2v) is 5.65. The molecule has 0 aliphatic heterocycles. The Bertz CT molecular complexity index is 477. The Morgan fingerprint density at radius 2 is 2.10 bits per heavy atom. The van der Waals surface area contributed by atoms with Gasteiger partial charge in [-0.15, -0.1) is 0 Å². The number of nitrogens with zero attached hydrogens (tertiary/aromatic N) is 1. The molecule has 0 aromatic heterocycles. The Morgan fingerprint density at radius 1 is 1.40 bits per heavy atom. The van der Waals surface area contributed by atoms with E-state index in [9.17, 15) is 9.59 Å². The summed E-state index contributed by atoms with van der Waals surface area (Å²) in [6, 6.07) is 7.00. The Labute approximate surface area is 123 Å². The van der Waals surface area contributed by atoms with Crippen molar-refractivity contribution in [1.29, 1.82) is 0 Å². The lowest BCUT2D eigenvalue weighted by Crippen LogP contribution is -2.27. The molecule has 0 aliphatic carbocycles. The van der Waals surface area contributed by atoms with Gasteiger partial charge in [0.2, 0.25) is 5.91 Å². The Kier molecular flexibility index (Phi) is 6.38. The largest absolute Gasteiger partial charge is 0.484 e. The van der Waals surface area contributed by atoms with Crippen LogP contribution >= 0.6 is 11.8 Å². The molecule has 0 bridgehead atoms. The highest BCUT2D eigenvalue weighted by Crippen LogP contribution is 2.18. The summed E-state index contributed by atoms with van der Waals surface area (Å²) in [5, 5.41) is 2.69. The van der Waals surface area contributed by atoms with Crippen LogP contribution in [0.2, 0.25) is 0 Å². The third kappa shape index (κ3) is 5.13. The molecule has 20 heavy (non-hydrogen) atoms. The van der Waals surface area contributed by atoms with Crippen LogP contribution < -0.4 is 10.1 Å². The SMILES string of the molecule is CSC(C)C(=O)Nc1cccc(OCC(=O)N(C)C)c1. The fraction of sp³-hybridized carbons (Fsp3) is 0.429. The molecule has 2 amide bonds. The molecule has 0 heterocycles. The smallest absolute Gasteiger partial charge is 0.259 e. The van der Waals surface area contributed by atoms with Crippen LogP contribution in [-0.2, 0) is 9.59 Å². The van der Waals surface area contributed by atoms with Gasteiger partial charge in [-0.3, -0.25) is 9.59 Å². The number of rotatable bonds is 6. The van der Waals surface area contributed by atoms with Crippen LogP contribution in [0.5, 0.6) is 5.75 Å². The summed E-state index contributed by atoms with van der Waals surface area (Å²) in [5.74, 6) is 0.379. The standard InChI is InChI=1S/C14H20N2O3S/c1-10(20-4)14(18)15-11-6-5-7-12(8-11)19-9-13(17)16(2)3/h5-8,10H,9H2,1-4H3,(H,15,18). The number of carbonyl (C=O) groups excluding carboxylic acids is 2. The Hall–Kier alpha value is -1.69. The molecule has 1 aromatic carbocycles. The molecular formula is C14H20N2O3S. The van der Waals surface area contributed by atoms with Crippen molar-refractivity contribution in [3.05, 3.63) is 24.3 Å². The number of hydrogen-bond acceptors (Lipinski definition) is 4. The van der Waals surface area contributed by atoms with Gasteiger partial charge in [0, 0.05) is 25.8 Å². The number of carbonyl (C=O) groups is 2. The zero-order chi connectivity index (χ0) is 15.1. The highest BCUT2D eigenvalue weighted by Gasteiger charge is 2.11. The zero-order valence-corrected chi connectivity index (χ0v) is 13.0. The first-order valence-corrected chi connectivity index (χ1v) is 7.49. The van der Waals surface area contributed by atoms with E-state index in [1.807, 2.05) is 13.2 Å². The Morgan fingerprint density at radius 3 is 2.70 bits per heavy atom. The number of nitrogens with one attached hydrogen (secondary N) is 1. The molecule has 1 atom stereocenters. The quantitative estimate of drug-likeness (QED) is 0.870. The molecule has 0 radical (unpaired) electrons. The van der Waals surface area contributed by atoms with Gasteiger partial charge in [-0.05, 0) is 25.3 Å². The summed E-state index contributed by atoms with van der Waals surface area (Å²) in [6.45, 7) is 1.82. The molecule has 1 rings (SSSR count). The summed E-state index contributed by atoms with van der Waals surface area (Å²) >= 11 is 1.48. The van der Waals surface area contributed by atoms with Crippen molar-refractivity contribution in [3.8, 4) is 5.75 Å². The third-order valence-electron chi connectivity index (χ3n) is 2.69. The number of thioether (sulfide) groups is 1. The van der Waals surface area contributed by atoms with Gasteiger partial charge in [0.1, 0.15) is 5.75 Å². The van der Waals surface area contributed by atoms with E-state index in [0.717, 1.165) is 0 Å². The van der Waals surface area contributed by atoms with Crippen LogP contribution in [0.15, 0.2) is 24.3 Å². The first-order chi connectivity index (χ1) is 9.43. The fourth-order valence-corrected chi connectivity index (χ4v) is 1.56. The molecule has 110 valence electrons. The van der Waals surface area contributed by atoms with Crippen LogP contribution in [0.1, 0.15) is 6.92 Å². The maximum absolute atomic E-state index is 11.8. The van der Waals surface area contributed by atoms with Crippen molar-refractivity contribution in [2.45, 2.75) is 12.2 Å². The van der Waals surface area contributed by atoms with Crippen LogP contribution in [-0.4, -0.2) is 48.9 Å². The minimum absolute atomic E-state index is 0.0222. The average molecular weight is 296 g/mol. The van der Waals surface area contributed by atoms with Crippen molar-refractivity contribution < 1.29 is 14.3 Å². The van der Waals surface area contributed by atoms with Gasteiger partial charge in [0.15, 0.2) is 6.61 Å². The fourth-order valence-electron chi connectivity index (χ4n) is 1.29. The van der Waals surface area contributed by atoms with E-state index in [-0.39, 0.29) is 23.7 Å². The summed E-state index contributed by atoms with van der Waals surface area (Å²) in [5.41, 5.74) is 0.658. The lowest BCUT2D eigenvalue weighted by atomic mass is 10.3. The van der Waals surface area contributed by atoms with E-state index in [1.165, 1.54) is 16.7 Å². The minimum Gasteiger partial charge on any atom is -0.484 e. The highest BCUT2D eigenvalue weighted by molar-refractivity contribution is 7.99. The Balaban J connectivity index is 2.62. The summed E-state index contributed by atoms with van der Waals surface area (Å²) < 4.78 is 5.39. The second-order valence-electron chi connectivity index (χ2n) is 4.47. The lowest BCUT2D eigenvalue weighted by molar-refractivity contribution is -0.130. The highest BCUT2D eigenvalue weighted by atomic mass is 32.2. The predicted molar refractivity (Wildman–Crippen MR) is 82.2 cm³/mol. The van der Waals surface area contributed by atoms with Gasteiger partial charge in [-0.1, -0.05) is 6.07 Å². The van der Waals surface area contributed by atoms with Gasteiger partial charge in [0.25, 0.3) is 5.91 Å². The first-order valence-electron chi connectivity index (χ1n) is 6.20. The molecule has 0 saturated heterocycles. The van der Waals surface area contributed by atoms with E-state index in [2.05, 4.69) is 5.32 Å². The van der Waals surface area contributed by atoms with E-state index < -0.39 is 0 Å². The summed E-state index contributed by atoms with van der Waals surface area (Å²) in [6.07, 6.45) is 1.89. The molecule has 6 heteroatoms. The number of likely N-dealkylation sites (N-methyl/N-ethyl adjacent to an activating group) is 1. The van der Waals surface area contributed by atoms with Crippen molar-refractivity contribution in [3.63, 3.8) is 0 Å². The van der Waals surface area contributed by atoms with Gasteiger partial charge in [-0.2, -0.15) is 11.8 Å². The van der Waals surface area contributed by atoms with Crippen molar-refractivity contribution in [2.75, 3.05) is 32.3 Å². The molecule has 1 unspecified atom stereocenters. The van der Waals surface area contributed by atoms with Crippen molar-refractivity contribution in [1.82, 2.24) is 4.90 Å². The molecule has 0 saturated carbocycles. The van der Waals surface area contributed by atoms with E-state index in [1.54, 1.807) is 38.4 Å². The molecular weight excluding hydrogens is 276 g/mol. The van der Waals surface area contributed by atoms with Crippen molar-refractivity contribution >= 4 is 29.3 Å².